The van der Waals surface area contributed by atoms with Crippen molar-refractivity contribution in [2.24, 2.45) is 5.92 Å². The summed E-state index contributed by atoms with van der Waals surface area (Å²) in [5.41, 5.74) is -0.654. The first-order valence-corrected chi connectivity index (χ1v) is 11.7. The van der Waals surface area contributed by atoms with Crippen LogP contribution in [0.4, 0.5) is 0 Å². The number of unbranched alkanes of at least 4 members (excludes halogenated alkanes) is 10. The maximum absolute atomic E-state index is 11.9. The van der Waals surface area contributed by atoms with Gasteiger partial charge in [-0.25, -0.2) is 4.79 Å². The zero-order valence-corrected chi connectivity index (χ0v) is 20.2. The van der Waals surface area contributed by atoms with Crippen molar-refractivity contribution < 1.29 is 9.53 Å². The monoisotopic (exact) mass is 417 g/mol. The highest BCUT2D eigenvalue weighted by atomic mass is 35.5. The Morgan fingerprint density at radius 3 is 1.75 bits per heavy atom. The number of ether oxygens (including phenoxy) is 1. The average Bonchev–Trinajstić information content (AvgIpc) is 2.62. The van der Waals surface area contributed by atoms with Crippen LogP contribution in [0.1, 0.15) is 118 Å². The van der Waals surface area contributed by atoms with E-state index in [0.29, 0.717) is 6.42 Å². The Bertz CT molecular complexity index is 406. The maximum Gasteiger partial charge on any atom is 0.330 e. The van der Waals surface area contributed by atoms with Crippen LogP contribution in [0.2, 0.25) is 0 Å². The van der Waals surface area contributed by atoms with Gasteiger partial charge in [0.2, 0.25) is 0 Å². The molecule has 0 heterocycles. The van der Waals surface area contributed by atoms with E-state index in [9.17, 15) is 4.79 Å². The van der Waals surface area contributed by atoms with Crippen LogP contribution in [0.3, 0.4) is 0 Å². The molecule has 2 atom stereocenters. The van der Waals surface area contributed by atoms with E-state index in [2.05, 4.69) is 27.4 Å². The topological polar surface area (TPSA) is 61.3 Å². The van der Waals surface area contributed by atoms with Crippen LogP contribution >= 0.6 is 11.6 Å². The number of halogens is 1. The van der Waals surface area contributed by atoms with Crippen molar-refractivity contribution in [3.05, 3.63) is 12.7 Å². The number of carbonyl (C=O) groups is 1. The Morgan fingerprint density at radius 1 is 0.964 bits per heavy atom. The molecule has 3 nitrogen and oxygen atoms in total. The molecule has 4 heteroatoms. The highest BCUT2D eigenvalue weighted by Crippen LogP contribution is 2.43. The van der Waals surface area contributed by atoms with Gasteiger partial charge in [-0.1, -0.05) is 98.0 Å². The van der Waals surface area contributed by atoms with E-state index in [4.69, 9.17) is 16.3 Å². The van der Waals surface area contributed by atoms with Gasteiger partial charge >= 0.3 is 5.97 Å². The second kappa shape index (κ2) is 16.3. The second-order valence-corrected chi connectivity index (χ2v) is 9.51. The summed E-state index contributed by atoms with van der Waals surface area (Å²) >= 11 is 6.68. The summed E-state index contributed by atoms with van der Waals surface area (Å²) in [5, 5.41) is 0. The van der Waals surface area contributed by atoms with Crippen molar-refractivity contribution in [3.63, 3.8) is 0 Å². The fourth-order valence-electron chi connectivity index (χ4n) is 4.22. The van der Waals surface area contributed by atoms with E-state index in [1.807, 2.05) is 13.8 Å². The van der Waals surface area contributed by atoms with Gasteiger partial charge in [0.1, 0.15) is 5.60 Å². The lowest BCUT2D eigenvalue weighted by Crippen LogP contribution is -2.54. The summed E-state index contributed by atoms with van der Waals surface area (Å²) in [6.45, 7) is 13.9. The van der Waals surface area contributed by atoms with Gasteiger partial charge in [0.15, 0.2) is 0 Å². The molecule has 0 fully saturated rings. The molecule has 0 saturated heterocycles. The van der Waals surface area contributed by atoms with Gasteiger partial charge in [0, 0.05) is 6.08 Å². The summed E-state index contributed by atoms with van der Waals surface area (Å²) < 4.78 is 5.82. The largest absolute Gasteiger partial charge is 0.454 e. The van der Waals surface area contributed by atoms with Gasteiger partial charge in [-0.15, -0.1) is 11.6 Å². The molecule has 0 aliphatic carbocycles. The number of hydrogen-bond acceptors (Lipinski definition) is 3. The Hall–Kier alpha value is -0.540. The molecule has 0 spiro atoms. The third kappa shape index (κ3) is 10.9. The first-order valence-electron chi connectivity index (χ1n) is 11.3. The number of alkyl halides is 1. The molecular formula is C24H48ClNO2. The summed E-state index contributed by atoms with van der Waals surface area (Å²) in [6.07, 6.45) is 17.7. The molecule has 168 valence electrons. The quantitative estimate of drug-likeness (QED) is 0.112. The predicted molar refractivity (Wildman–Crippen MR) is 125 cm³/mol. The molecule has 0 aromatic heterocycles. The minimum absolute atomic E-state index is 0. The van der Waals surface area contributed by atoms with Crippen LogP contribution < -0.4 is 6.15 Å². The highest BCUT2D eigenvalue weighted by molar-refractivity contribution is 6.24. The lowest BCUT2D eigenvalue weighted by Gasteiger charge is -2.46. The Morgan fingerprint density at radius 2 is 1.39 bits per heavy atom. The molecule has 0 aliphatic rings. The minimum Gasteiger partial charge on any atom is -0.454 e. The molecule has 0 amide bonds. The van der Waals surface area contributed by atoms with Crippen molar-refractivity contribution in [1.82, 2.24) is 6.15 Å². The molecular weight excluding hydrogens is 370 g/mol. The van der Waals surface area contributed by atoms with E-state index in [1.54, 1.807) is 0 Å². The van der Waals surface area contributed by atoms with Crippen molar-refractivity contribution in [2.75, 3.05) is 0 Å². The maximum atomic E-state index is 11.9. The van der Waals surface area contributed by atoms with Gasteiger partial charge in [0.05, 0.1) is 4.87 Å². The van der Waals surface area contributed by atoms with Crippen molar-refractivity contribution in [1.29, 1.82) is 0 Å². The van der Waals surface area contributed by atoms with Crippen LogP contribution in [0.25, 0.3) is 0 Å². The highest BCUT2D eigenvalue weighted by Gasteiger charge is 2.49. The third-order valence-corrected chi connectivity index (χ3v) is 6.34. The van der Waals surface area contributed by atoms with Gasteiger partial charge in [-0.05, 0) is 32.6 Å². The number of esters is 1. The van der Waals surface area contributed by atoms with E-state index >= 15 is 0 Å². The van der Waals surface area contributed by atoms with Gasteiger partial charge < -0.3 is 10.9 Å². The van der Waals surface area contributed by atoms with E-state index in [0.717, 1.165) is 12.8 Å². The Labute approximate surface area is 180 Å². The smallest absolute Gasteiger partial charge is 0.330 e. The van der Waals surface area contributed by atoms with Crippen LogP contribution in [-0.2, 0) is 9.53 Å². The molecule has 0 bridgehead atoms. The van der Waals surface area contributed by atoms with E-state index < -0.39 is 10.5 Å². The second-order valence-electron chi connectivity index (χ2n) is 8.57. The SMILES string of the molecule is C=CC(=O)OC(CC)(C(C)CCCCCCCCCCCCC)C(C)(C)Cl.N. The van der Waals surface area contributed by atoms with Crippen LogP contribution in [0.15, 0.2) is 12.7 Å². The first kappa shape index (κ1) is 29.7. The number of rotatable bonds is 17. The minimum atomic E-state index is -0.654. The molecule has 0 saturated carbocycles. The molecule has 2 unspecified atom stereocenters. The summed E-state index contributed by atoms with van der Waals surface area (Å²) in [6, 6.07) is 0. The zero-order chi connectivity index (χ0) is 20.8. The van der Waals surface area contributed by atoms with Crippen LogP contribution in [0, 0.1) is 5.92 Å². The molecule has 0 aliphatic heterocycles. The fourth-order valence-corrected chi connectivity index (χ4v) is 4.58. The van der Waals surface area contributed by atoms with Gasteiger partial charge in [0.25, 0.3) is 0 Å². The van der Waals surface area contributed by atoms with E-state index in [1.165, 1.54) is 70.3 Å². The lowest BCUT2D eigenvalue weighted by atomic mass is 9.74. The average molecular weight is 418 g/mol. The molecule has 28 heavy (non-hydrogen) atoms. The van der Waals surface area contributed by atoms with Gasteiger partial charge in [-0.2, -0.15) is 0 Å². The first-order chi connectivity index (χ1) is 12.7. The number of hydrogen-bond donors (Lipinski definition) is 1. The molecule has 0 rings (SSSR count). The van der Waals surface area contributed by atoms with Crippen LogP contribution in [0.5, 0.6) is 0 Å². The standard InChI is InChI=1S/C24H45ClO2.H3N/c1-7-10-11-12-13-14-15-16-17-18-19-20-21(4)24(9-3,23(5,6)25)27-22(26)8-2;/h8,21H,2,7,9-20H2,1,3-6H3;1H3. The number of carbonyl (C=O) groups excluding carboxylic acids is 1. The summed E-state index contributed by atoms with van der Waals surface area (Å²) in [5.74, 6) is -0.158. The fraction of sp³-hybridized carbons (Fsp3) is 0.875. The lowest BCUT2D eigenvalue weighted by molar-refractivity contribution is -0.165. The van der Waals surface area contributed by atoms with Crippen molar-refractivity contribution in [2.45, 2.75) is 129 Å². The zero-order valence-electron chi connectivity index (χ0n) is 19.5. The molecule has 0 radical (unpaired) electrons. The van der Waals surface area contributed by atoms with Gasteiger partial charge in [-0.3, -0.25) is 0 Å². The van der Waals surface area contributed by atoms with Crippen LogP contribution in [-0.4, -0.2) is 16.4 Å². The molecule has 0 aromatic carbocycles. The molecule has 3 N–H and O–H groups in total. The normalized spacial score (nSPS) is 14.6. The summed E-state index contributed by atoms with van der Waals surface area (Å²) in [7, 11) is 0. The predicted octanol–water partition coefficient (Wildman–Crippen LogP) is 8.38. The van der Waals surface area contributed by atoms with Crippen molar-refractivity contribution >= 4 is 17.6 Å². The third-order valence-electron chi connectivity index (χ3n) is 6.02. The van der Waals surface area contributed by atoms with Crippen molar-refractivity contribution in [3.8, 4) is 0 Å². The Balaban J connectivity index is 0. The molecule has 0 aromatic rings. The van der Waals surface area contributed by atoms with E-state index in [-0.39, 0.29) is 18.0 Å². The Kier molecular flexibility index (Phi) is 17.2. The summed E-state index contributed by atoms with van der Waals surface area (Å²) in [4.78, 5) is 11.3.